The van der Waals surface area contributed by atoms with Crippen LogP contribution in [0.2, 0.25) is 0 Å². The van der Waals surface area contributed by atoms with E-state index in [2.05, 4.69) is 21.2 Å². The molecule has 1 aromatic rings. The highest BCUT2D eigenvalue weighted by atomic mass is 79.9. The molecule has 0 aliphatic carbocycles. The molecular weight excluding hydrogens is 277 g/mol. The number of amides is 1. The van der Waals surface area contributed by atoms with Crippen molar-refractivity contribution in [2.24, 2.45) is 0 Å². The molecule has 86 valence electrons. The SMILES string of the molecule is O=C(NC1CCOC1)c1ccc(Br)cc1F. The van der Waals surface area contributed by atoms with Crippen LogP contribution in [0.25, 0.3) is 0 Å². The first-order chi connectivity index (χ1) is 7.66. The van der Waals surface area contributed by atoms with Gasteiger partial charge in [0.1, 0.15) is 5.82 Å². The Balaban J connectivity index is 2.08. The molecule has 1 aliphatic heterocycles. The van der Waals surface area contributed by atoms with Crippen LogP contribution in [0, 0.1) is 5.82 Å². The van der Waals surface area contributed by atoms with E-state index >= 15 is 0 Å². The molecule has 0 radical (unpaired) electrons. The van der Waals surface area contributed by atoms with Gasteiger partial charge in [-0.3, -0.25) is 4.79 Å². The van der Waals surface area contributed by atoms with Gasteiger partial charge in [0.25, 0.3) is 5.91 Å². The van der Waals surface area contributed by atoms with Gasteiger partial charge < -0.3 is 10.1 Å². The molecule has 5 heteroatoms. The van der Waals surface area contributed by atoms with Crippen molar-refractivity contribution in [2.45, 2.75) is 12.5 Å². The molecule has 1 heterocycles. The summed E-state index contributed by atoms with van der Waals surface area (Å²) < 4.78 is 19.2. The van der Waals surface area contributed by atoms with Crippen LogP contribution in [-0.4, -0.2) is 25.2 Å². The van der Waals surface area contributed by atoms with Gasteiger partial charge in [-0.15, -0.1) is 0 Å². The van der Waals surface area contributed by atoms with Crippen molar-refractivity contribution < 1.29 is 13.9 Å². The number of benzene rings is 1. The van der Waals surface area contributed by atoms with Crippen LogP contribution in [0.5, 0.6) is 0 Å². The number of halogens is 2. The quantitative estimate of drug-likeness (QED) is 0.905. The van der Waals surface area contributed by atoms with Crippen LogP contribution in [0.3, 0.4) is 0 Å². The molecule has 0 spiro atoms. The Morgan fingerprint density at radius 1 is 1.56 bits per heavy atom. The molecule has 1 aliphatic rings. The third-order valence-electron chi connectivity index (χ3n) is 2.44. The predicted octanol–water partition coefficient (Wildman–Crippen LogP) is 2.11. The maximum Gasteiger partial charge on any atom is 0.254 e. The van der Waals surface area contributed by atoms with E-state index in [0.29, 0.717) is 17.7 Å². The second-order valence-electron chi connectivity index (χ2n) is 3.66. The second kappa shape index (κ2) is 4.93. The maximum atomic E-state index is 13.5. The first kappa shape index (κ1) is 11.5. The van der Waals surface area contributed by atoms with Gasteiger partial charge in [-0.2, -0.15) is 0 Å². The lowest BCUT2D eigenvalue weighted by atomic mass is 10.1. The Bertz CT molecular complexity index is 405. The molecule has 1 atom stereocenters. The fourth-order valence-corrected chi connectivity index (χ4v) is 1.92. The minimum absolute atomic E-state index is 0.00412. The lowest BCUT2D eigenvalue weighted by Gasteiger charge is -2.11. The van der Waals surface area contributed by atoms with Gasteiger partial charge in [0, 0.05) is 11.1 Å². The van der Waals surface area contributed by atoms with Crippen LogP contribution in [0.4, 0.5) is 4.39 Å². The van der Waals surface area contributed by atoms with E-state index < -0.39 is 5.82 Å². The van der Waals surface area contributed by atoms with Crippen LogP contribution in [-0.2, 0) is 4.74 Å². The minimum atomic E-state index is -0.522. The first-order valence-electron chi connectivity index (χ1n) is 5.00. The number of hydrogen-bond acceptors (Lipinski definition) is 2. The Labute approximate surface area is 101 Å². The fraction of sp³-hybridized carbons (Fsp3) is 0.364. The Morgan fingerprint density at radius 2 is 2.38 bits per heavy atom. The van der Waals surface area contributed by atoms with Crippen LogP contribution in [0.1, 0.15) is 16.8 Å². The second-order valence-corrected chi connectivity index (χ2v) is 4.57. The summed E-state index contributed by atoms with van der Waals surface area (Å²) in [4.78, 5) is 11.7. The van der Waals surface area contributed by atoms with Crippen LogP contribution in [0.15, 0.2) is 22.7 Å². The smallest absolute Gasteiger partial charge is 0.254 e. The molecule has 1 aromatic carbocycles. The van der Waals surface area contributed by atoms with Crippen molar-refractivity contribution >= 4 is 21.8 Å². The number of ether oxygens (including phenoxy) is 1. The Hall–Kier alpha value is -0.940. The molecule has 1 amide bonds. The molecule has 0 bridgehead atoms. The van der Waals surface area contributed by atoms with Gasteiger partial charge in [0.15, 0.2) is 0 Å². The van der Waals surface area contributed by atoms with Crippen molar-refractivity contribution in [3.8, 4) is 0 Å². The molecule has 1 N–H and O–H groups in total. The van der Waals surface area contributed by atoms with Crippen molar-refractivity contribution in [3.05, 3.63) is 34.1 Å². The van der Waals surface area contributed by atoms with Gasteiger partial charge in [-0.05, 0) is 24.6 Å². The molecule has 1 fully saturated rings. The number of rotatable bonds is 2. The van der Waals surface area contributed by atoms with E-state index in [1.165, 1.54) is 12.1 Å². The molecule has 16 heavy (non-hydrogen) atoms. The van der Waals surface area contributed by atoms with Crippen molar-refractivity contribution in [2.75, 3.05) is 13.2 Å². The molecular formula is C11H11BrFNO2. The summed E-state index contributed by atoms with van der Waals surface area (Å²) >= 11 is 3.14. The highest BCUT2D eigenvalue weighted by Gasteiger charge is 2.20. The van der Waals surface area contributed by atoms with Gasteiger partial charge >= 0.3 is 0 Å². The number of hydrogen-bond donors (Lipinski definition) is 1. The summed E-state index contributed by atoms with van der Waals surface area (Å²) in [6, 6.07) is 4.38. The third kappa shape index (κ3) is 2.59. The highest BCUT2D eigenvalue weighted by molar-refractivity contribution is 9.10. The summed E-state index contributed by atoms with van der Waals surface area (Å²) in [6.45, 7) is 1.15. The van der Waals surface area contributed by atoms with Crippen LogP contribution < -0.4 is 5.32 Å². The zero-order chi connectivity index (χ0) is 11.5. The van der Waals surface area contributed by atoms with E-state index in [9.17, 15) is 9.18 Å². The number of carbonyl (C=O) groups is 1. The number of carbonyl (C=O) groups excluding carboxylic acids is 1. The lowest BCUT2D eigenvalue weighted by molar-refractivity contribution is 0.0926. The minimum Gasteiger partial charge on any atom is -0.379 e. The van der Waals surface area contributed by atoms with Crippen molar-refractivity contribution in [3.63, 3.8) is 0 Å². The zero-order valence-electron chi connectivity index (χ0n) is 8.50. The van der Waals surface area contributed by atoms with Gasteiger partial charge in [-0.1, -0.05) is 15.9 Å². The summed E-state index contributed by atoms with van der Waals surface area (Å²) in [5, 5.41) is 2.74. The number of nitrogens with one attached hydrogen (secondary N) is 1. The van der Waals surface area contributed by atoms with E-state index in [1.807, 2.05) is 0 Å². The molecule has 3 nitrogen and oxygen atoms in total. The topological polar surface area (TPSA) is 38.3 Å². The van der Waals surface area contributed by atoms with E-state index in [4.69, 9.17) is 4.74 Å². The van der Waals surface area contributed by atoms with Crippen molar-refractivity contribution in [1.82, 2.24) is 5.32 Å². The Morgan fingerprint density at radius 3 is 3.00 bits per heavy atom. The zero-order valence-corrected chi connectivity index (χ0v) is 10.1. The molecule has 1 unspecified atom stereocenters. The van der Waals surface area contributed by atoms with Crippen molar-refractivity contribution in [1.29, 1.82) is 0 Å². The van der Waals surface area contributed by atoms with E-state index in [0.717, 1.165) is 6.42 Å². The molecule has 1 saturated heterocycles. The lowest BCUT2D eigenvalue weighted by Crippen LogP contribution is -2.35. The summed E-state index contributed by atoms with van der Waals surface area (Å²) in [6.07, 6.45) is 0.782. The van der Waals surface area contributed by atoms with Gasteiger partial charge in [0.05, 0.1) is 18.2 Å². The summed E-state index contributed by atoms with van der Waals surface area (Å²) in [5.74, 6) is -0.911. The Kier molecular flexibility index (Phi) is 3.56. The fourth-order valence-electron chi connectivity index (χ4n) is 1.59. The highest BCUT2D eigenvalue weighted by Crippen LogP contribution is 2.15. The van der Waals surface area contributed by atoms with E-state index in [-0.39, 0.29) is 17.5 Å². The summed E-state index contributed by atoms with van der Waals surface area (Å²) in [5.41, 5.74) is 0.0649. The first-order valence-corrected chi connectivity index (χ1v) is 5.80. The average Bonchev–Trinajstić information content (AvgIpc) is 2.70. The monoisotopic (exact) mass is 287 g/mol. The molecule has 2 rings (SSSR count). The molecule has 0 saturated carbocycles. The van der Waals surface area contributed by atoms with Gasteiger partial charge in [0.2, 0.25) is 0 Å². The maximum absolute atomic E-state index is 13.5. The standard InChI is InChI=1S/C11H11BrFNO2/c12-7-1-2-9(10(13)5-7)11(15)14-8-3-4-16-6-8/h1-2,5,8H,3-4,6H2,(H,14,15). The predicted molar refractivity (Wildman–Crippen MR) is 60.8 cm³/mol. The molecule has 0 aromatic heterocycles. The van der Waals surface area contributed by atoms with Crippen LogP contribution >= 0.6 is 15.9 Å². The third-order valence-corrected chi connectivity index (χ3v) is 2.93. The summed E-state index contributed by atoms with van der Waals surface area (Å²) in [7, 11) is 0. The normalized spacial score (nSPS) is 19.8. The van der Waals surface area contributed by atoms with Gasteiger partial charge in [-0.25, -0.2) is 4.39 Å². The average molecular weight is 288 g/mol. The largest absolute Gasteiger partial charge is 0.379 e. The van der Waals surface area contributed by atoms with E-state index in [1.54, 1.807) is 6.07 Å².